The summed E-state index contributed by atoms with van der Waals surface area (Å²) in [5, 5.41) is 0. The van der Waals surface area contributed by atoms with Crippen LogP contribution in [0, 0.1) is 0 Å². The third-order valence-electron chi connectivity index (χ3n) is 2.21. The van der Waals surface area contributed by atoms with Gasteiger partial charge in [0.2, 0.25) is 0 Å². The molecule has 0 aliphatic carbocycles. The van der Waals surface area contributed by atoms with Crippen LogP contribution in [0.25, 0.3) is 0 Å². The number of nitrogens with zero attached hydrogens (tertiary/aromatic N) is 2. The first-order chi connectivity index (χ1) is 7.03. The Balaban J connectivity index is 2.17. The maximum atomic E-state index is 11.2. The van der Waals surface area contributed by atoms with Crippen molar-refractivity contribution < 1.29 is 24.0 Å². The van der Waals surface area contributed by atoms with Gasteiger partial charge < -0.3 is 0 Å². The quantitative estimate of drug-likeness (QED) is 0.729. The van der Waals surface area contributed by atoms with Gasteiger partial charge in [-0.3, -0.25) is 0 Å². The van der Waals surface area contributed by atoms with E-state index in [4.69, 9.17) is 11.2 Å². The van der Waals surface area contributed by atoms with E-state index in [-0.39, 0.29) is 26.3 Å². The van der Waals surface area contributed by atoms with Crippen LogP contribution in [-0.2, 0) is 9.47 Å². The monoisotopic (exact) mass is 256 g/mol. The molecule has 0 bridgehead atoms. The Morgan fingerprint density at radius 1 is 1.13 bits per heavy atom. The first-order valence-electron chi connectivity index (χ1n) is 4.33. The van der Waals surface area contributed by atoms with E-state index in [2.05, 4.69) is 9.47 Å². The predicted octanol–water partition coefficient (Wildman–Crippen LogP) is 0.532. The van der Waals surface area contributed by atoms with Crippen LogP contribution in [0.5, 0.6) is 0 Å². The minimum absolute atomic E-state index is 0.170. The molecule has 2 fully saturated rings. The third kappa shape index (κ3) is 1.71. The van der Waals surface area contributed by atoms with Crippen LogP contribution in [0.3, 0.4) is 0 Å². The van der Waals surface area contributed by atoms with Crippen LogP contribution in [0.15, 0.2) is 0 Å². The molecule has 0 atom stereocenters. The zero-order valence-corrected chi connectivity index (χ0v) is 9.44. The van der Waals surface area contributed by atoms with Gasteiger partial charge in [-0.15, -0.1) is 0 Å². The summed E-state index contributed by atoms with van der Waals surface area (Å²) in [7, 11) is -3.77. The molecule has 2 aliphatic heterocycles. The summed E-state index contributed by atoms with van der Waals surface area (Å²) >= 11 is 5.88. The summed E-state index contributed by atoms with van der Waals surface area (Å²) in [6.45, 7) is 0.719. The standard InChI is InChI=1S/C6H10ClN2O5P/c7-15(12,8-1-3-13-5(8)10)9-2-4-14-6(9)11/h12,15H,1-4H2. The third-order valence-corrected chi connectivity index (χ3v) is 5.62. The van der Waals surface area contributed by atoms with Gasteiger partial charge in [-0.05, 0) is 0 Å². The van der Waals surface area contributed by atoms with Gasteiger partial charge in [-0.2, -0.15) is 0 Å². The van der Waals surface area contributed by atoms with Crippen molar-refractivity contribution in [3.05, 3.63) is 0 Å². The van der Waals surface area contributed by atoms with Crippen molar-refractivity contribution in [2.45, 2.75) is 0 Å². The van der Waals surface area contributed by atoms with Crippen molar-refractivity contribution in [2.75, 3.05) is 26.3 Å². The average Bonchev–Trinajstić information content (AvgIpc) is 2.73. The molecular formula is C6H10ClN2O5P. The van der Waals surface area contributed by atoms with Gasteiger partial charge in [-0.1, -0.05) is 0 Å². The number of halogens is 1. The fourth-order valence-corrected chi connectivity index (χ4v) is 4.01. The van der Waals surface area contributed by atoms with Crippen molar-refractivity contribution in [3.63, 3.8) is 0 Å². The van der Waals surface area contributed by atoms with E-state index in [0.717, 1.165) is 9.34 Å². The van der Waals surface area contributed by atoms with E-state index in [1.54, 1.807) is 0 Å². The summed E-state index contributed by atoms with van der Waals surface area (Å²) < 4.78 is 11.3. The molecule has 0 aromatic rings. The van der Waals surface area contributed by atoms with E-state index >= 15 is 0 Å². The molecular weight excluding hydrogens is 247 g/mol. The van der Waals surface area contributed by atoms with E-state index in [1.807, 2.05) is 0 Å². The first kappa shape index (κ1) is 10.7. The number of rotatable bonds is 2. The van der Waals surface area contributed by atoms with E-state index in [9.17, 15) is 14.5 Å². The minimum atomic E-state index is -3.77. The number of carbonyl (C=O) groups is 2. The van der Waals surface area contributed by atoms with Crippen LogP contribution >= 0.6 is 18.4 Å². The van der Waals surface area contributed by atoms with Crippen molar-refractivity contribution in [1.82, 2.24) is 9.34 Å². The Hall–Kier alpha value is -0.780. The zero-order valence-electron chi connectivity index (χ0n) is 7.68. The Bertz CT molecular complexity index is 284. The second-order valence-electron chi connectivity index (χ2n) is 3.09. The molecule has 0 radical (unpaired) electrons. The molecule has 1 N–H and O–H groups in total. The zero-order chi connectivity index (χ0) is 11.1. The second kappa shape index (κ2) is 3.66. The number of amides is 2. The molecule has 0 aromatic carbocycles. The number of ether oxygens (including phenoxy) is 2. The summed E-state index contributed by atoms with van der Waals surface area (Å²) in [4.78, 5) is 32.4. The van der Waals surface area contributed by atoms with E-state index in [0.29, 0.717) is 0 Å². The topological polar surface area (TPSA) is 79.3 Å². The Morgan fingerprint density at radius 2 is 1.53 bits per heavy atom. The van der Waals surface area contributed by atoms with Crippen LogP contribution in [-0.4, -0.2) is 52.7 Å². The van der Waals surface area contributed by atoms with Crippen molar-refractivity contribution in [3.8, 4) is 0 Å². The first-order valence-corrected chi connectivity index (χ1v) is 7.19. The molecule has 2 amide bonds. The van der Waals surface area contributed by atoms with Gasteiger partial charge in [0.1, 0.15) is 0 Å². The summed E-state index contributed by atoms with van der Waals surface area (Å²) in [6.07, 6.45) is -1.39. The van der Waals surface area contributed by atoms with Crippen molar-refractivity contribution in [2.24, 2.45) is 0 Å². The van der Waals surface area contributed by atoms with Crippen molar-refractivity contribution >= 4 is 30.6 Å². The van der Waals surface area contributed by atoms with Gasteiger partial charge in [0.15, 0.2) is 0 Å². The molecule has 0 unspecified atom stereocenters. The van der Waals surface area contributed by atoms with Gasteiger partial charge in [0, 0.05) is 0 Å². The molecule has 7 nitrogen and oxygen atoms in total. The SMILES string of the molecule is O=C1OCCN1[PH](O)(Cl)N1CCOC1=O. The fraction of sp³-hybridized carbons (Fsp3) is 0.667. The number of hydrogen-bond acceptors (Lipinski definition) is 5. The van der Waals surface area contributed by atoms with Crippen LogP contribution in [0.1, 0.15) is 0 Å². The molecule has 2 aliphatic rings. The van der Waals surface area contributed by atoms with Gasteiger partial charge in [0.05, 0.1) is 0 Å². The normalized spacial score (nSPS) is 23.1. The second-order valence-corrected chi connectivity index (χ2v) is 6.79. The van der Waals surface area contributed by atoms with Crippen LogP contribution in [0.2, 0.25) is 0 Å². The van der Waals surface area contributed by atoms with E-state index in [1.165, 1.54) is 0 Å². The predicted molar refractivity (Wildman–Crippen MR) is 52.5 cm³/mol. The van der Waals surface area contributed by atoms with Crippen LogP contribution < -0.4 is 0 Å². The molecule has 2 heterocycles. The van der Waals surface area contributed by atoms with E-state index < -0.39 is 19.3 Å². The van der Waals surface area contributed by atoms with Crippen LogP contribution in [0.4, 0.5) is 9.59 Å². The summed E-state index contributed by atoms with van der Waals surface area (Å²) in [5.41, 5.74) is 0. The number of hydrogen-bond donors (Lipinski definition) is 1. The van der Waals surface area contributed by atoms with Gasteiger partial charge in [0.25, 0.3) is 0 Å². The number of carbonyl (C=O) groups excluding carboxylic acids is 2. The molecule has 2 saturated heterocycles. The molecule has 0 saturated carbocycles. The van der Waals surface area contributed by atoms with Crippen molar-refractivity contribution in [1.29, 1.82) is 0 Å². The molecule has 86 valence electrons. The summed E-state index contributed by atoms with van der Waals surface area (Å²) in [5.74, 6) is 0. The van der Waals surface area contributed by atoms with Gasteiger partial charge in [-0.25, -0.2) is 0 Å². The maximum absolute atomic E-state index is 11.2. The molecule has 15 heavy (non-hydrogen) atoms. The Kier molecular flexibility index (Phi) is 2.62. The Labute approximate surface area is 90.8 Å². The Morgan fingerprint density at radius 3 is 1.80 bits per heavy atom. The average molecular weight is 257 g/mol. The fourth-order valence-electron chi connectivity index (χ4n) is 1.45. The summed E-state index contributed by atoms with van der Waals surface area (Å²) in [6, 6.07) is 0. The molecule has 2 rings (SSSR count). The molecule has 9 heteroatoms. The number of cyclic esters (lactones) is 2. The molecule has 0 spiro atoms. The molecule has 0 aromatic heterocycles. The van der Waals surface area contributed by atoms with Gasteiger partial charge >= 0.3 is 90.2 Å².